The molecule has 0 atom stereocenters. The van der Waals surface area contributed by atoms with Gasteiger partial charge in [0.2, 0.25) is 0 Å². The summed E-state index contributed by atoms with van der Waals surface area (Å²) in [6.45, 7) is 0. The molecule has 5 rings (SSSR count). The first-order chi connectivity index (χ1) is 13.8. The Labute approximate surface area is 167 Å². The first kappa shape index (κ1) is 17.2. The number of nitrogens with one attached hydrogen (secondary N) is 1. The molecule has 140 valence electrons. The maximum Gasteiger partial charge on any atom is 0.143 e. The molecule has 0 fully saturated rings. The van der Waals surface area contributed by atoms with E-state index in [9.17, 15) is 5.11 Å². The third-order valence-corrected chi connectivity index (χ3v) is 6.41. The van der Waals surface area contributed by atoms with E-state index in [1.54, 1.807) is 17.4 Å². The zero-order valence-corrected chi connectivity index (χ0v) is 16.3. The van der Waals surface area contributed by atoms with E-state index < -0.39 is 0 Å². The molecule has 5 heteroatoms. The smallest absolute Gasteiger partial charge is 0.143 e. The summed E-state index contributed by atoms with van der Waals surface area (Å²) in [5.74, 6) is 1.83. The standard InChI is InChI=1S/C23H21N3OS/c27-18-12-6-5-11-17(18)24-22-21-16-10-4-7-13-19(16)28-23(21)26-20(25-22)14-15-8-2-1-3-9-15/h1-3,5-6,8-9,11-12,27H,4,7,10,13-14H2,(H,24,25,26). The number of aryl methyl sites for hydroxylation is 2. The fraction of sp³-hybridized carbons (Fsp3) is 0.217. The van der Waals surface area contributed by atoms with Crippen molar-refractivity contribution in [1.82, 2.24) is 9.97 Å². The number of nitrogens with zero attached hydrogens (tertiary/aromatic N) is 2. The maximum atomic E-state index is 10.2. The lowest BCUT2D eigenvalue weighted by atomic mass is 9.97. The minimum Gasteiger partial charge on any atom is -0.506 e. The number of anilines is 2. The molecule has 0 bridgehead atoms. The number of aromatic hydroxyl groups is 1. The van der Waals surface area contributed by atoms with E-state index in [0.717, 1.165) is 34.7 Å². The van der Waals surface area contributed by atoms with Crippen LogP contribution in [-0.2, 0) is 19.3 Å². The minimum atomic E-state index is 0.225. The molecule has 0 saturated carbocycles. The molecule has 0 spiro atoms. The molecule has 2 aromatic heterocycles. The number of aromatic nitrogens is 2. The van der Waals surface area contributed by atoms with E-state index in [1.807, 2.05) is 36.4 Å². The van der Waals surface area contributed by atoms with Gasteiger partial charge < -0.3 is 10.4 Å². The van der Waals surface area contributed by atoms with Gasteiger partial charge in [-0.2, -0.15) is 0 Å². The normalized spacial score (nSPS) is 13.4. The molecule has 0 radical (unpaired) electrons. The molecule has 2 aromatic carbocycles. The van der Waals surface area contributed by atoms with Gasteiger partial charge in [-0.15, -0.1) is 11.3 Å². The van der Waals surface area contributed by atoms with Crippen LogP contribution in [0.25, 0.3) is 10.2 Å². The molecule has 2 heterocycles. The number of rotatable bonds is 4. The Bertz CT molecular complexity index is 1140. The Balaban J connectivity index is 1.64. The van der Waals surface area contributed by atoms with Gasteiger partial charge in [-0.05, 0) is 48.9 Å². The van der Waals surface area contributed by atoms with Crippen LogP contribution < -0.4 is 5.32 Å². The van der Waals surface area contributed by atoms with E-state index >= 15 is 0 Å². The predicted molar refractivity (Wildman–Crippen MR) is 115 cm³/mol. The number of hydrogen-bond acceptors (Lipinski definition) is 5. The Morgan fingerprint density at radius 1 is 0.929 bits per heavy atom. The van der Waals surface area contributed by atoms with Crippen LogP contribution >= 0.6 is 11.3 Å². The number of thiophene rings is 1. The summed E-state index contributed by atoms with van der Waals surface area (Å²) in [6.07, 6.45) is 5.34. The quantitative estimate of drug-likeness (QED) is 0.447. The van der Waals surface area contributed by atoms with Gasteiger partial charge in [-0.1, -0.05) is 42.5 Å². The van der Waals surface area contributed by atoms with Crippen molar-refractivity contribution in [2.45, 2.75) is 32.1 Å². The lowest BCUT2D eigenvalue weighted by molar-refractivity contribution is 0.477. The summed E-state index contributed by atoms with van der Waals surface area (Å²) in [5.41, 5.74) is 3.25. The van der Waals surface area contributed by atoms with Crippen molar-refractivity contribution in [2.75, 3.05) is 5.32 Å². The van der Waals surface area contributed by atoms with Crippen LogP contribution in [0, 0.1) is 0 Å². The van der Waals surface area contributed by atoms with Crippen LogP contribution in [0.3, 0.4) is 0 Å². The first-order valence-corrected chi connectivity index (χ1v) is 10.5. The summed E-state index contributed by atoms with van der Waals surface area (Å²) >= 11 is 1.80. The van der Waals surface area contributed by atoms with Crippen molar-refractivity contribution >= 4 is 33.1 Å². The maximum absolute atomic E-state index is 10.2. The molecular weight excluding hydrogens is 366 g/mol. The summed E-state index contributed by atoms with van der Waals surface area (Å²) in [4.78, 5) is 12.3. The number of hydrogen-bond donors (Lipinski definition) is 2. The molecule has 0 saturated heterocycles. The fourth-order valence-corrected chi connectivity index (χ4v) is 5.14. The highest BCUT2D eigenvalue weighted by Gasteiger charge is 2.21. The van der Waals surface area contributed by atoms with Crippen molar-refractivity contribution in [1.29, 1.82) is 0 Å². The van der Waals surface area contributed by atoms with Crippen LogP contribution in [0.5, 0.6) is 5.75 Å². The van der Waals surface area contributed by atoms with Crippen molar-refractivity contribution in [2.24, 2.45) is 0 Å². The van der Waals surface area contributed by atoms with Gasteiger partial charge in [-0.3, -0.25) is 0 Å². The molecule has 2 N–H and O–H groups in total. The molecule has 1 aliphatic carbocycles. The van der Waals surface area contributed by atoms with Crippen molar-refractivity contribution in [3.05, 3.63) is 76.4 Å². The second kappa shape index (κ2) is 7.24. The second-order valence-electron chi connectivity index (χ2n) is 7.18. The molecule has 1 aliphatic rings. The van der Waals surface area contributed by atoms with Gasteiger partial charge in [0.05, 0.1) is 11.1 Å². The lowest BCUT2D eigenvalue weighted by Crippen LogP contribution is -2.04. The van der Waals surface area contributed by atoms with E-state index in [1.165, 1.54) is 28.8 Å². The predicted octanol–water partition coefficient (Wildman–Crippen LogP) is 5.61. The van der Waals surface area contributed by atoms with Crippen LogP contribution in [0.15, 0.2) is 54.6 Å². The number of benzene rings is 2. The highest BCUT2D eigenvalue weighted by molar-refractivity contribution is 7.19. The van der Waals surface area contributed by atoms with Crippen molar-refractivity contribution < 1.29 is 5.11 Å². The molecule has 28 heavy (non-hydrogen) atoms. The van der Waals surface area contributed by atoms with Gasteiger partial charge in [0.15, 0.2) is 0 Å². The number of phenols is 1. The fourth-order valence-electron chi connectivity index (χ4n) is 3.86. The number of para-hydroxylation sites is 2. The molecule has 0 unspecified atom stereocenters. The van der Waals surface area contributed by atoms with Gasteiger partial charge in [-0.25, -0.2) is 9.97 Å². The Hall–Kier alpha value is -2.92. The highest BCUT2D eigenvalue weighted by atomic mass is 32.1. The van der Waals surface area contributed by atoms with Gasteiger partial charge in [0.25, 0.3) is 0 Å². The van der Waals surface area contributed by atoms with Gasteiger partial charge >= 0.3 is 0 Å². The molecule has 0 aliphatic heterocycles. The third-order valence-electron chi connectivity index (χ3n) is 5.22. The second-order valence-corrected chi connectivity index (χ2v) is 8.27. The Morgan fingerprint density at radius 2 is 1.71 bits per heavy atom. The molecule has 4 aromatic rings. The molecule has 0 amide bonds. The number of phenolic OH excluding ortho intramolecular Hbond substituents is 1. The topological polar surface area (TPSA) is 58.0 Å². The summed E-state index contributed by atoms with van der Waals surface area (Å²) < 4.78 is 0. The zero-order valence-electron chi connectivity index (χ0n) is 15.5. The Morgan fingerprint density at radius 3 is 2.57 bits per heavy atom. The molecule has 4 nitrogen and oxygen atoms in total. The van der Waals surface area contributed by atoms with E-state index in [-0.39, 0.29) is 5.75 Å². The third kappa shape index (κ3) is 3.22. The summed E-state index contributed by atoms with van der Waals surface area (Å²) in [6, 6.07) is 17.6. The first-order valence-electron chi connectivity index (χ1n) is 9.68. The summed E-state index contributed by atoms with van der Waals surface area (Å²) in [7, 11) is 0. The summed E-state index contributed by atoms with van der Waals surface area (Å²) in [5, 5.41) is 14.7. The van der Waals surface area contributed by atoms with E-state index in [2.05, 4.69) is 17.4 Å². The number of fused-ring (bicyclic) bond motifs is 3. The minimum absolute atomic E-state index is 0.225. The van der Waals surface area contributed by atoms with E-state index in [4.69, 9.17) is 9.97 Å². The average Bonchev–Trinajstić information content (AvgIpc) is 3.09. The van der Waals surface area contributed by atoms with Gasteiger partial charge in [0, 0.05) is 11.3 Å². The largest absolute Gasteiger partial charge is 0.506 e. The van der Waals surface area contributed by atoms with E-state index in [0.29, 0.717) is 12.1 Å². The van der Waals surface area contributed by atoms with Crippen LogP contribution in [-0.4, -0.2) is 15.1 Å². The SMILES string of the molecule is Oc1ccccc1Nc1nc(Cc2ccccc2)nc2sc3c(c12)CCCC3. The van der Waals surface area contributed by atoms with Crippen molar-refractivity contribution in [3.8, 4) is 5.75 Å². The van der Waals surface area contributed by atoms with Crippen LogP contribution in [0.2, 0.25) is 0 Å². The zero-order chi connectivity index (χ0) is 18.9. The van der Waals surface area contributed by atoms with Crippen LogP contribution in [0.1, 0.15) is 34.7 Å². The Kier molecular flexibility index (Phi) is 4.45. The van der Waals surface area contributed by atoms with Gasteiger partial charge in [0.1, 0.15) is 22.2 Å². The van der Waals surface area contributed by atoms with Crippen LogP contribution in [0.4, 0.5) is 11.5 Å². The van der Waals surface area contributed by atoms with Crippen molar-refractivity contribution in [3.63, 3.8) is 0 Å². The molecular formula is C23H21N3OS. The average molecular weight is 388 g/mol. The highest BCUT2D eigenvalue weighted by Crippen LogP contribution is 2.40. The monoisotopic (exact) mass is 387 g/mol. The lowest BCUT2D eigenvalue weighted by Gasteiger charge is -2.14.